The summed E-state index contributed by atoms with van der Waals surface area (Å²) < 4.78 is 25.0. The Labute approximate surface area is 108 Å². The van der Waals surface area contributed by atoms with Gasteiger partial charge in [-0.1, -0.05) is 18.2 Å². The van der Waals surface area contributed by atoms with Crippen LogP contribution in [0.2, 0.25) is 0 Å². The van der Waals surface area contributed by atoms with Gasteiger partial charge in [0, 0.05) is 6.07 Å². The standard InChI is InChI=1S/C10H9N5O3S/c11-10(16)15(9-6-7-12-14-13-9)19(17,18)8-4-2-1-3-5-8/h1-7H,(H2,11,16). The van der Waals surface area contributed by atoms with Crippen LogP contribution in [0.4, 0.5) is 10.6 Å². The van der Waals surface area contributed by atoms with E-state index >= 15 is 0 Å². The summed E-state index contributed by atoms with van der Waals surface area (Å²) >= 11 is 0. The Morgan fingerprint density at radius 3 is 2.37 bits per heavy atom. The minimum Gasteiger partial charge on any atom is -0.350 e. The third-order valence-electron chi connectivity index (χ3n) is 2.18. The zero-order valence-electron chi connectivity index (χ0n) is 9.54. The Morgan fingerprint density at radius 2 is 1.84 bits per heavy atom. The van der Waals surface area contributed by atoms with Crippen molar-refractivity contribution in [3.8, 4) is 0 Å². The smallest absolute Gasteiger partial charge is 0.334 e. The zero-order chi connectivity index (χ0) is 13.9. The zero-order valence-corrected chi connectivity index (χ0v) is 10.4. The molecule has 1 aromatic carbocycles. The Bertz CT molecular complexity index is 675. The van der Waals surface area contributed by atoms with Gasteiger partial charge in [0.05, 0.1) is 11.1 Å². The van der Waals surface area contributed by atoms with E-state index in [1.807, 2.05) is 0 Å². The van der Waals surface area contributed by atoms with E-state index in [1.54, 1.807) is 6.07 Å². The summed E-state index contributed by atoms with van der Waals surface area (Å²) in [4.78, 5) is 11.3. The molecule has 0 radical (unpaired) electrons. The Kier molecular flexibility index (Phi) is 3.38. The molecule has 0 aliphatic rings. The highest BCUT2D eigenvalue weighted by Crippen LogP contribution is 2.20. The molecule has 0 atom stereocenters. The molecule has 8 nitrogen and oxygen atoms in total. The molecule has 1 aromatic heterocycles. The number of rotatable bonds is 3. The molecular weight excluding hydrogens is 270 g/mol. The Morgan fingerprint density at radius 1 is 1.16 bits per heavy atom. The van der Waals surface area contributed by atoms with Crippen molar-refractivity contribution in [3.05, 3.63) is 42.6 Å². The van der Waals surface area contributed by atoms with Crippen molar-refractivity contribution in [1.82, 2.24) is 15.4 Å². The highest BCUT2D eigenvalue weighted by atomic mass is 32.2. The average Bonchev–Trinajstić information content (AvgIpc) is 2.40. The van der Waals surface area contributed by atoms with E-state index in [0.29, 0.717) is 4.31 Å². The second-order valence-electron chi connectivity index (χ2n) is 3.40. The first-order chi connectivity index (χ1) is 9.03. The summed E-state index contributed by atoms with van der Waals surface area (Å²) in [6.07, 6.45) is 1.21. The van der Waals surface area contributed by atoms with Crippen LogP contribution >= 0.6 is 0 Å². The number of anilines is 1. The van der Waals surface area contributed by atoms with Gasteiger partial charge in [-0.05, 0) is 17.3 Å². The van der Waals surface area contributed by atoms with E-state index in [1.165, 1.54) is 36.5 Å². The number of aromatic nitrogens is 3. The van der Waals surface area contributed by atoms with Crippen molar-refractivity contribution >= 4 is 21.9 Å². The van der Waals surface area contributed by atoms with Gasteiger partial charge >= 0.3 is 6.03 Å². The van der Waals surface area contributed by atoms with Crippen LogP contribution < -0.4 is 10.0 Å². The number of urea groups is 1. The van der Waals surface area contributed by atoms with Gasteiger partial charge in [0.25, 0.3) is 10.0 Å². The lowest BCUT2D eigenvalue weighted by Crippen LogP contribution is -2.41. The van der Waals surface area contributed by atoms with Crippen molar-refractivity contribution in [3.63, 3.8) is 0 Å². The molecule has 0 aliphatic carbocycles. The molecule has 0 saturated heterocycles. The summed E-state index contributed by atoms with van der Waals surface area (Å²) in [5, 5.41) is 10.2. The fraction of sp³-hybridized carbons (Fsp3) is 0. The average molecular weight is 279 g/mol. The number of primary amides is 1. The normalized spacial score (nSPS) is 10.9. The van der Waals surface area contributed by atoms with E-state index in [9.17, 15) is 13.2 Å². The minimum absolute atomic E-state index is 0.0765. The topological polar surface area (TPSA) is 119 Å². The number of carbonyl (C=O) groups is 1. The fourth-order valence-electron chi connectivity index (χ4n) is 1.40. The third kappa shape index (κ3) is 2.50. The Balaban J connectivity index is 2.55. The lowest BCUT2D eigenvalue weighted by atomic mass is 10.4. The van der Waals surface area contributed by atoms with Crippen molar-refractivity contribution in [1.29, 1.82) is 0 Å². The maximum Gasteiger partial charge on any atom is 0.334 e. The predicted molar refractivity (Wildman–Crippen MR) is 65.5 cm³/mol. The number of hydrogen-bond acceptors (Lipinski definition) is 6. The van der Waals surface area contributed by atoms with E-state index in [2.05, 4.69) is 15.4 Å². The van der Waals surface area contributed by atoms with E-state index in [0.717, 1.165) is 0 Å². The van der Waals surface area contributed by atoms with Gasteiger partial charge in [0.15, 0.2) is 5.82 Å². The van der Waals surface area contributed by atoms with E-state index in [-0.39, 0.29) is 10.7 Å². The maximum absolute atomic E-state index is 12.3. The molecular formula is C10H9N5O3S. The van der Waals surface area contributed by atoms with E-state index in [4.69, 9.17) is 5.73 Å². The number of nitrogens with two attached hydrogens (primary N) is 1. The second kappa shape index (κ2) is 4.98. The van der Waals surface area contributed by atoms with Gasteiger partial charge < -0.3 is 5.73 Å². The number of benzene rings is 1. The molecule has 0 spiro atoms. The van der Waals surface area contributed by atoms with Crippen LogP contribution in [0.25, 0.3) is 0 Å². The van der Waals surface area contributed by atoms with Crippen LogP contribution in [0, 0.1) is 0 Å². The second-order valence-corrected chi connectivity index (χ2v) is 5.19. The molecule has 0 unspecified atom stereocenters. The molecule has 9 heteroatoms. The molecule has 0 bridgehead atoms. The highest BCUT2D eigenvalue weighted by molar-refractivity contribution is 7.93. The van der Waals surface area contributed by atoms with Crippen LogP contribution in [0.1, 0.15) is 0 Å². The first-order valence-electron chi connectivity index (χ1n) is 5.07. The number of carbonyl (C=O) groups excluding carboxylic acids is 1. The molecule has 98 valence electrons. The maximum atomic E-state index is 12.3. The van der Waals surface area contributed by atoms with Crippen LogP contribution in [-0.2, 0) is 10.0 Å². The molecule has 2 amide bonds. The molecule has 1 heterocycles. The van der Waals surface area contributed by atoms with Crippen molar-refractivity contribution in [2.45, 2.75) is 4.90 Å². The monoisotopic (exact) mass is 279 g/mol. The first-order valence-corrected chi connectivity index (χ1v) is 6.51. The molecule has 19 heavy (non-hydrogen) atoms. The summed E-state index contributed by atoms with van der Waals surface area (Å²) in [6.45, 7) is 0. The fourth-order valence-corrected chi connectivity index (χ4v) is 2.69. The third-order valence-corrected chi connectivity index (χ3v) is 3.89. The van der Waals surface area contributed by atoms with Crippen LogP contribution in [0.15, 0.2) is 47.5 Å². The number of nitrogens with zero attached hydrogens (tertiary/aromatic N) is 4. The molecule has 0 saturated carbocycles. The lowest BCUT2D eigenvalue weighted by molar-refractivity contribution is 0.256. The molecule has 0 fully saturated rings. The van der Waals surface area contributed by atoms with Crippen LogP contribution in [0.5, 0.6) is 0 Å². The molecule has 0 aliphatic heterocycles. The summed E-state index contributed by atoms with van der Waals surface area (Å²) in [7, 11) is -4.12. The van der Waals surface area contributed by atoms with Gasteiger partial charge in [0.1, 0.15) is 0 Å². The highest BCUT2D eigenvalue weighted by Gasteiger charge is 2.30. The van der Waals surface area contributed by atoms with Crippen molar-refractivity contribution in [2.24, 2.45) is 5.73 Å². The predicted octanol–water partition coefficient (Wildman–Crippen LogP) is 0.146. The number of sulfonamides is 1. The summed E-state index contributed by atoms with van der Waals surface area (Å²) in [5.41, 5.74) is 5.11. The number of amides is 2. The van der Waals surface area contributed by atoms with Crippen molar-refractivity contribution < 1.29 is 13.2 Å². The van der Waals surface area contributed by atoms with E-state index < -0.39 is 16.1 Å². The van der Waals surface area contributed by atoms with Gasteiger partial charge in [-0.2, -0.15) is 4.31 Å². The van der Waals surface area contributed by atoms with Gasteiger partial charge in [-0.15, -0.1) is 10.2 Å². The quantitative estimate of drug-likeness (QED) is 0.853. The number of hydrogen-bond donors (Lipinski definition) is 1. The summed E-state index contributed by atoms with van der Waals surface area (Å²) in [6, 6.07) is 7.45. The van der Waals surface area contributed by atoms with Crippen LogP contribution in [-0.4, -0.2) is 29.9 Å². The van der Waals surface area contributed by atoms with Crippen LogP contribution in [0.3, 0.4) is 0 Å². The van der Waals surface area contributed by atoms with Gasteiger partial charge in [-0.25, -0.2) is 13.2 Å². The lowest BCUT2D eigenvalue weighted by Gasteiger charge is -2.18. The Hall–Kier alpha value is -2.55. The molecule has 2 N–H and O–H groups in total. The minimum atomic E-state index is -4.12. The van der Waals surface area contributed by atoms with Gasteiger partial charge in [-0.3, -0.25) is 0 Å². The van der Waals surface area contributed by atoms with Gasteiger partial charge in [0.2, 0.25) is 0 Å². The summed E-state index contributed by atoms with van der Waals surface area (Å²) in [5.74, 6) is -0.216. The molecule has 2 aromatic rings. The largest absolute Gasteiger partial charge is 0.350 e. The first kappa shape index (κ1) is 12.9. The molecule has 2 rings (SSSR count). The van der Waals surface area contributed by atoms with Crippen molar-refractivity contribution in [2.75, 3.05) is 4.31 Å². The SMILES string of the molecule is NC(=O)N(c1ccnnn1)S(=O)(=O)c1ccccc1.